The molecule has 0 saturated carbocycles. The van der Waals surface area contributed by atoms with Crippen LogP contribution in [0.4, 0.5) is 5.69 Å². The lowest BCUT2D eigenvalue weighted by Crippen LogP contribution is -2.27. The molecular weight excluding hydrogens is 372 g/mol. The van der Waals surface area contributed by atoms with Gasteiger partial charge in [-0.1, -0.05) is 45.0 Å². The molecule has 0 aliphatic rings. The molecule has 2 aromatic carbocycles. The van der Waals surface area contributed by atoms with Gasteiger partial charge < -0.3 is 10.1 Å². The molecule has 29 heavy (non-hydrogen) atoms. The van der Waals surface area contributed by atoms with E-state index in [1.807, 2.05) is 12.1 Å². The number of nitrogens with zero attached hydrogens (tertiary/aromatic N) is 1. The second-order valence-corrected chi connectivity index (χ2v) is 7.82. The van der Waals surface area contributed by atoms with Crippen LogP contribution in [0.2, 0.25) is 0 Å². The van der Waals surface area contributed by atoms with Gasteiger partial charge in [-0.3, -0.25) is 19.7 Å². The van der Waals surface area contributed by atoms with Gasteiger partial charge >= 0.3 is 5.97 Å². The molecule has 0 fully saturated rings. The molecule has 1 atom stereocenters. The van der Waals surface area contributed by atoms with Crippen LogP contribution >= 0.6 is 0 Å². The highest BCUT2D eigenvalue weighted by Crippen LogP contribution is 2.23. The van der Waals surface area contributed by atoms with E-state index in [4.69, 9.17) is 4.74 Å². The molecule has 0 bridgehead atoms. The number of hydrogen-bond acceptors (Lipinski definition) is 5. The summed E-state index contributed by atoms with van der Waals surface area (Å²) in [7, 11) is 0. The summed E-state index contributed by atoms with van der Waals surface area (Å²) in [5.41, 5.74) is 2.14. The smallest absolute Gasteiger partial charge is 0.308 e. The number of nitro benzene ring substituents is 1. The Morgan fingerprint density at radius 1 is 1.14 bits per heavy atom. The standard InChI is InChI=1S/C22H26N2O5/c1-15(17-6-5-7-19(14-17)24(27)28)29-20(25)12-13-23-21(26)16-8-10-18(11-9-16)22(2,3)4/h5-11,14-15H,12-13H2,1-4H3,(H,23,26)/t15-/m1/s1. The molecule has 7 heteroatoms. The van der Waals surface area contributed by atoms with Crippen LogP contribution in [-0.4, -0.2) is 23.3 Å². The highest BCUT2D eigenvalue weighted by molar-refractivity contribution is 5.94. The molecule has 7 nitrogen and oxygen atoms in total. The van der Waals surface area contributed by atoms with E-state index in [1.54, 1.807) is 31.2 Å². The maximum atomic E-state index is 12.2. The van der Waals surface area contributed by atoms with E-state index >= 15 is 0 Å². The first-order chi connectivity index (χ1) is 13.6. The number of benzene rings is 2. The summed E-state index contributed by atoms with van der Waals surface area (Å²) in [6, 6.07) is 13.3. The fourth-order valence-corrected chi connectivity index (χ4v) is 2.72. The third-order valence-corrected chi connectivity index (χ3v) is 4.49. The number of amides is 1. The van der Waals surface area contributed by atoms with Gasteiger partial charge in [0.1, 0.15) is 6.10 Å². The van der Waals surface area contributed by atoms with E-state index in [2.05, 4.69) is 26.1 Å². The molecule has 1 N–H and O–H groups in total. The molecule has 2 aromatic rings. The number of rotatable bonds is 7. The number of hydrogen-bond donors (Lipinski definition) is 1. The number of non-ortho nitro benzene ring substituents is 1. The van der Waals surface area contributed by atoms with Crippen molar-refractivity contribution in [2.75, 3.05) is 6.54 Å². The molecule has 0 unspecified atom stereocenters. The van der Waals surface area contributed by atoms with Gasteiger partial charge in [-0.05, 0) is 35.6 Å². The average molecular weight is 398 g/mol. The van der Waals surface area contributed by atoms with Gasteiger partial charge in [0.25, 0.3) is 11.6 Å². The molecule has 0 spiro atoms. The lowest BCUT2D eigenvalue weighted by atomic mass is 9.87. The van der Waals surface area contributed by atoms with Crippen molar-refractivity contribution >= 4 is 17.6 Å². The van der Waals surface area contributed by atoms with Crippen LogP contribution in [0.1, 0.15) is 61.7 Å². The van der Waals surface area contributed by atoms with Crippen LogP contribution in [0.25, 0.3) is 0 Å². The summed E-state index contributed by atoms with van der Waals surface area (Å²) < 4.78 is 5.30. The SMILES string of the molecule is C[C@@H](OC(=O)CCNC(=O)c1ccc(C(C)(C)C)cc1)c1cccc([N+](=O)[O-])c1. The normalized spacial score (nSPS) is 12.1. The van der Waals surface area contributed by atoms with E-state index in [0.717, 1.165) is 5.56 Å². The van der Waals surface area contributed by atoms with Gasteiger partial charge in [0.05, 0.1) is 11.3 Å². The van der Waals surface area contributed by atoms with E-state index in [-0.39, 0.29) is 30.0 Å². The second-order valence-electron chi connectivity index (χ2n) is 7.82. The Morgan fingerprint density at radius 2 is 1.79 bits per heavy atom. The molecule has 0 radical (unpaired) electrons. The largest absolute Gasteiger partial charge is 0.458 e. The second kappa shape index (κ2) is 9.32. The Labute approximate surface area is 170 Å². The van der Waals surface area contributed by atoms with Gasteiger partial charge in [0.2, 0.25) is 0 Å². The van der Waals surface area contributed by atoms with E-state index in [0.29, 0.717) is 11.1 Å². The summed E-state index contributed by atoms with van der Waals surface area (Å²) in [5, 5.41) is 13.5. The van der Waals surface area contributed by atoms with Crippen LogP contribution in [-0.2, 0) is 14.9 Å². The maximum Gasteiger partial charge on any atom is 0.308 e. The quantitative estimate of drug-likeness (QED) is 0.425. The highest BCUT2D eigenvalue weighted by atomic mass is 16.6. The average Bonchev–Trinajstić information content (AvgIpc) is 2.67. The van der Waals surface area contributed by atoms with Gasteiger partial charge in [0, 0.05) is 24.2 Å². The van der Waals surface area contributed by atoms with Crippen LogP contribution in [0.3, 0.4) is 0 Å². The molecule has 0 heterocycles. The summed E-state index contributed by atoms with van der Waals surface area (Å²) in [6.07, 6.45) is -0.617. The monoisotopic (exact) mass is 398 g/mol. The van der Waals surface area contributed by atoms with Gasteiger partial charge in [-0.25, -0.2) is 0 Å². The third kappa shape index (κ3) is 6.41. The molecule has 1 amide bonds. The molecule has 0 aliphatic carbocycles. The first-order valence-corrected chi connectivity index (χ1v) is 9.40. The Bertz CT molecular complexity index is 885. The minimum Gasteiger partial charge on any atom is -0.458 e. The highest BCUT2D eigenvalue weighted by Gasteiger charge is 2.16. The summed E-state index contributed by atoms with van der Waals surface area (Å²) in [5.74, 6) is -0.752. The van der Waals surface area contributed by atoms with Crippen molar-refractivity contribution in [2.24, 2.45) is 0 Å². The number of esters is 1. The molecule has 2 rings (SSSR count). The predicted octanol–water partition coefficient (Wildman–Crippen LogP) is 4.32. The first-order valence-electron chi connectivity index (χ1n) is 9.40. The van der Waals surface area contributed by atoms with Crippen molar-refractivity contribution in [1.82, 2.24) is 5.32 Å². The van der Waals surface area contributed by atoms with Crippen molar-refractivity contribution in [2.45, 2.75) is 45.6 Å². The van der Waals surface area contributed by atoms with Crippen LogP contribution in [0, 0.1) is 10.1 Å². The Balaban J connectivity index is 1.82. The Morgan fingerprint density at radius 3 is 2.38 bits per heavy atom. The van der Waals surface area contributed by atoms with Crippen LogP contribution < -0.4 is 5.32 Å². The number of carbonyl (C=O) groups is 2. The number of carbonyl (C=O) groups excluding carboxylic acids is 2. The molecule has 154 valence electrons. The summed E-state index contributed by atoms with van der Waals surface area (Å²) in [6.45, 7) is 8.08. The summed E-state index contributed by atoms with van der Waals surface area (Å²) in [4.78, 5) is 34.6. The molecule has 0 aliphatic heterocycles. The van der Waals surface area contributed by atoms with Gasteiger partial charge in [-0.2, -0.15) is 0 Å². The summed E-state index contributed by atoms with van der Waals surface area (Å²) >= 11 is 0. The minimum atomic E-state index is -0.622. The van der Waals surface area contributed by atoms with Crippen LogP contribution in [0.5, 0.6) is 0 Å². The van der Waals surface area contributed by atoms with Gasteiger partial charge in [-0.15, -0.1) is 0 Å². The fourth-order valence-electron chi connectivity index (χ4n) is 2.72. The maximum absolute atomic E-state index is 12.2. The lowest BCUT2D eigenvalue weighted by molar-refractivity contribution is -0.385. The lowest BCUT2D eigenvalue weighted by Gasteiger charge is -2.19. The van der Waals surface area contributed by atoms with Crippen molar-refractivity contribution in [1.29, 1.82) is 0 Å². The third-order valence-electron chi connectivity index (χ3n) is 4.49. The predicted molar refractivity (Wildman–Crippen MR) is 110 cm³/mol. The zero-order valence-electron chi connectivity index (χ0n) is 17.1. The Kier molecular flexibility index (Phi) is 7.09. The van der Waals surface area contributed by atoms with E-state index < -0.39 is 17.0 Å². The van der Waals surface area contributed by atoms with Crippen LogP contribution in [0.15, 0.2) is 48.5 Å². The molecular formula is C22H26N2O5. The minimum absolute atomic E-state index is 0.00504. The fraction of sp³-hybridized carbons (Fsp3) is 0.364. The topological polar surface area (TPSA) is 98.5 Å². The van der Waals surface area contributed by atoms with Crippen molar-refractivity contribution in [3.63, 3.8) is 0 Å². The number of nitro groups is 1. The van der Waals surface area contributed by atoms with Gasteiger partial charge in [0.15, 0.2) is 0 Å². The zero-order chi connectivity index (χ0) is 21.6. The molecule has 0 aromatic heterocycles. The van der Waals surface area contributed by atoms with Crippen molar-refractivity contribution < 1.29 is 19.2 Å². The number of ether oxygens (including phenoxy) is 1. The van der Waals surface area contributed by atoms with Crippen molar-refractivity contribution in [3.8, 4) is 0 Å². The number of nitrogens with one attached hydrogen (secondary N) is 1. The van der Waals surface area contributed by atoms with Crippen molar-refractivity contribution in [3.05, 3.63) is 75.3 Å². The first kappa shape index (κ1) is 22.1. The van der Waals surface area contributed by atoms with E-state index in [9.17, 15) is 19.7 Å². The molecule has 0 saturated heterocycles. The van der Waals surface area contributed by atoms with E-state index in [1.165, 1.54) is 12.1 Å². The Hall–Kier alpha value is -3.22. The zero-order valence-corrected chi connectivity index (χ0v) is 17.1.